The van der Waals surface area contributed by atoms with Gasteiger partial charge >= 0.3 is 6.03 Å². The van der Waals surface area contributed by atoms with Crippen LogP contribution in [-0.4, -0.2) is 42.5 Å². The van der Waals surface area contributed by atoms with Crippen LogP contribution >= 0.6 is 11.6 Å². The van der Waals surface area contributed by atoms with Crippen LogP contribution in [0, 0.1) is 17.5 Å². The molecule has 6 nitrogen and oxygen atoms in total. The summed E-state index contributed by atoms with van der Waals surface area (Å²) in [6, 6.07) is 5.89. The molecule has 1 saturated heterocycles. The Balaban J connectivity index is 1.62. The van der Waals surface area contributed by atoms with Gasteiger partial charge in [0.05, 0.1) is 6.54 Å². The lowest BCUT2D eigenvalue weighted by Crippen LogP contribution is -2.47. The highest BCUT2D eigenvalue weighted by molar-refractivity contribution is 6.30. The van der Waals surface area contributed by atoms with Gasteiger partial charge in [0.1, 0.15) is 30.1 Å². The first-order valence-electron chi connectivity index (χ1n) is 8.84. The van der Waals surface area contributed by atoms with Gasteiger partial charge in [0.2, 0.25) is 0 Å². The lowest BCUT2D eigenvalue weighted by molar-refractivity contribution is 0.106. The first-order chi connectivity index (χ1) is 13.9. The third-order valence-electron chi connectivity index (χ3n) is 4.82. The Hall–Kier alpha value is -2.94. The highest BCUT2D eigenvalue weighted by Crippen LogP contribution is 2.35. The fraction of sp³-hybridized carbons (Fsp3) is 0.263. The Morgan fingerprint density at radius 2 is 1.97 bits per heavy atom. The highest BCUT2D eigenvalue weighted by Gasteiger charge is 2.44. The Bertz CT molecular complexity index is 965. The number of amides is 2. The second kappa shape index (κ2) is 7.82. The summed E-state index contributed by atoms with van der Waals surface area (Å²) < 4.78 is 42.5. The highest BCUT2D eigenvalue weighted by atomic mass is 35.5. The molecule has 29 heavy (non-hydrogen) atoms. The fourth-order valence-electron chi connectivity index (χ4n) is 3.60. The van der Waals surface area contributed by atoms with E-state index in [0.717, 1.165) is 18.2 Å². The number of carbonyl (C=O) groups excluding carboxylic acids is 1. The molecule has 2 atom stereocenters. The molecule has 2 aromatic carbocycles. The second-order valence-electron chi connectivity index (χ2n) is 6.70. The average molecular weight is 425 g/mol. The molecule has 0 radical (unpaired) electrons. The zero-order chi connectivity index (χ0) is 20.5. The Morgan fingerprint density at radius 1 is 1.21 bits per heavy atom. The molecule has 0 spiro atoms. The quantitative estimate of drug-likeness (QED) is 0.789. The van der Waals surface area contributed by atoms with E-state index in [1.165, 1.54) is 18.2 Å². The number of benzene rings is 2. The van der Waals surface area contributed by atoms with Crippen LogP contribution in [0.25, 0.3) is 0 Å². The molecule has 0 saturated carbocycles. The van der Waals surface area contributed by atoms with Gasteiger partial charge in [-0.1, -0.05) is 22.8 Å². The fourth-order valence-corrected chi connectivity index (χ4v) is 3.79. The molecular weight excluding hydrogens is 409 g/mol. The van der Waals surface area contributed by atoms with E-state index in [9.17, 15) is 18.0 Å². The predicted octanol–water partition coefficient (Wildman–Crippen LogP) is 3.69. The zero-order valence-corrected chi connectivity index (χ0v) is 15.7. The Labute approximate surface area is 169 Å². The summed E-state index contributed by atoms with van der Waals surface area (Å²) >= 11 is 5.73. The summed E-state index contributed by atoms with van der Waals surface area (Å²) in [5.41, 5.74) is 0.0437. The number of fused-ring (bicyclic) bond motifs is 1. The van der Waals surface area contributed by atoms with Gasteiger partial charge < -0.3 is 20.4 Å². The number of anilines is 1. The minimum absolute atomic E-state index is 0.0616. The number of oxime groups is 1. The molecule has 2 aromatic rings. The van der Waals surface area contributed by atoms with Crippen LogP contribution < -0.4 is 10.6 Å². The van der Waals surface area contributed by atoms with E-state index in [0.29, 0.717) is 19.0 Å². The van der Waals surface area contributed by atoms with Crippen molar-refractivity contribution in [3.8, 4) is 0 Å². The minimum atomic E-state index is -0.853. The van der Waals surface area contributed by atoms with Crippen molar-refractivity contribution in [2.24, 2.45) is 5.16 Å². The Morgan fingerprint density at radius 3 is 2.69 bits per heavy atom. The average Bonchev–Trinajstić information content (AvgIpc) is 2.99. The topological polar surface area (TPSA) is 66.0 Å². The maximum Gasteiger partial charge on any atom is 0.319 e. The first-order valence-corrected chi connectivity index (χ1v) is 9.22. The van der Waals surface area contributed by atoms with Gasteiger partial charge in [0.25, 0.3) is 0 Å². The third kappa shape index (κ3) is 3.95. The number of amidine groups is 1. The molecule has 10 heteroatoms. The molecule has 2 aliphatic rings. The second-order valence-corrected chi connectivity index (χ2v) is 7.14. The summed E-state index contributed by atoms with van der Waals surface area (Å²) in [4.78, 5) is 19.4. The molecule has 2 heterocycles. The maximum absolute atomic E-state index is 14.6. The van der Waals surface area contributed by atoms with Crippen LogP contribution in [0.2, 0.25) is 5.02 Å². The summed E-state index contributed by atoms with van der Waals surface area (Å²) in [5, 5.41) is 9.08. The number of rotatable bonds is 3. The van der Waals surface area contributed by atoms with Crippen molar-refractivity contribution >= 4 is 29.2 Å². The van der Waals surface area contributed by atoms with E-state index >= 15 is 0 Å². The van der Waals surface area contributed by atoms with E-state index in [4.69, 9.17) is 16.4 Å². The van der Waals surface area contributed by atoms with Crippen LogP contribution in [0.1, 0.15) is 11.5 Å². The summed E-state index contributed by atoms with van der Waals surface area (Å²) in [5.74, 6) is -2.52. The SMILES string of the molecule is O=C(Nc1cccc(F)c1)N[C@@H]1C2=NOCCN2C[C@H]1c1c(F)cc(Cl)cc1F. The van der Waals surface area contributed by atoms with Crippen molar-refractivity contribution in [2.45, 2.75) is 12.0 Å². The van der Waals surface area contributed by atoms with E-state index in [1.807, 2.05) is 0 Å². The van der Waals surface area contributed by atoms with Crippen LogP contribution in [0.4, 0.5) is 23.7 Å². The number of urea groups is 1. The van der Waals surface area contributed by atoms with Crippen molar-refractivity contribution in [1.82, 2.24) is 10.2 Å². The predicted molar refractivity (Wildman–Crippen MR) is 101 cm³/mol. The van der Waals surface area contributed by atoms with E-state index in [-0.39, 0.29) is 22.8 Å². The Kier molecular flexibility index (Phi) is 5.23. The van der Waals surface area contributed by atoms with E-state index < -0.39 is 35.4 Å². The molecule has 1 fully saturated rings. The van der Waals surface area contributed by atoms with Gasteiger partial charge in [-0.25, -0.2) is 18.0 Å². The van der Waals surface area contributed by atoms with Crippen molar-refractivity contribution in [3.05, 3.63) is 64.4 Å². The van der Waals surface area contributed by atoms with Crippen molar-refractivity contribution < 1.29 is 22.8 Å². The molecule has 2 N–H and O–H groups in total. The maximum atomic E-state index is 14.6. The van der Waals surface area contributed by atoms with E-state index in [1.54, 1.807) is 4.90 Å². The molecule has 2 amide bonds. The normalized spacial score (nSPS) is 20.6. The smallest absolute Gasteiger partial charge is 0.319 e. The molecule has 0 bridgehead atoms. The first kappa shape index (κ1) is 19.4. The van der Waals surface area contributed by atoms with Crippen molar-refractivity contribution in [3.63, 3.8) is 0 Å². The number of nitrogens with one attached hydrogen (secondary N) is 2. The van der Waals surface area contributed by atoms with Crippen LogP contribution in [0.15, 0.2) is 41.6 Å². The van der Waals surface area contributed by atoms with Gasteiger partial charge in [-0.3, -0.25) is 0 Å². The lowest BCUT2D eigenvalue weighted by atomic mass is 9.93. The van der Waals surface area contributed by atoms with Gasteiger partial charge in [-0.05, 0) is 30.3 Å². The van der Waals surface area contributed by atoms with Gasteiger partial charge in [-0.15, -0.1) is 0 Å². The van der Waals surface area contributed by atoms with Gasteiger partial charge in [0.15, 0.2) is 5.84 Å². The van der Waals surface area contributed by atoms with E-state index in [2.05, 4.69) is 15.8 Å². The molecule has 0 unspecified atom stereocenters. The molecular formula is C19H16ClF3N4O2. The number of nitrogens with zero attached hydrogens (tertiary/aromatic N) is 2. The number of hydrogen-bond donors (Lipinski definition) is 2. The summed E-state index contributed by atoms with van der Waals surface area (Å²) in [6.45, 7) is 1.03. The number of halogens is 4. The van der Waals surface area contributed by atoms with Gasteiger partial charge in [0, 0.05) is 28.7 Å². The lowest BCUT2D eigenvalue weighted by Gasteiger charge is -2.24. The summed E-state index contributed by atoms with van der Waals surface area (Å²) in [6.07, 6.45) is 0. The third-order valence-corrected chi connectivity index (χ3v) is 5.03. The van der Waals surface area contributed by atoms with Crippen LogP contribution in [0.5, 0.6) is 0 Å². The molecule has 0 aromatic heterocycles. The van der Waals surface area contributed by atoms with Crippen LogP contribution in [0.3, 0.4) is 0 Å². The van der Waals surface area contributed by atoms with Crippen molar-refractivity contribution in [1.29, 1.82) is 0 Å². The molecule has 4 rings (SSSR count). The molecule has 0 aliphatic carbocycles. The molecule has 152 valence electrons. The minimum Gasteiger partial charge on any atom is -0.392 e. The molecule has 2 aliphatic heterocycles. The largest absolute Gasteiger partial charge is 0.392 e. The van der Waals surface area contributed by atoms with Gasteiger partial charge in [-0.2, -0.15) is 0 Å². The zero-order valence-electron chi connectivity index (χ0n) is 15.0. The standard InChI is InChI=1S/C19H16ClF3N4O2/c20-10-6-14(22)16(15(23)7-10)13-9-27-4-5-29-26-18(27)17(13)25-19(28)24-12-3-1-2-11(21)8-12/h1-3,6-8,13,17H,4-5,9H2,(H2,24,25,28)/t13-,17-/m0/s1. The number of hydrogen-bond acceptors (Lipinski definition) is 4. The number of carbonyl (C=O) groups is 1. The van der Waals surface area contributed by atoms with Crippen molar-refractivity contribution in [2.75, 3.05) is 25.0 Å². The summed E-state index contributed by atoms with van der Waals surface area (Å²) in [7, 11) is 0. The van der Waals surface area contributed by atoms with Crippen LogP contribution in [-0.2, 0) is 4.84 Å². The monoisotopic (exact) mass is 424 g/mol.